The summed E-state index contributed by atoms with van der Waals surface area (Å²) in [5.74, 6) is 1.26. The second-order valence-corrected chi connectivity index (χ2v) is 5.23. The van der Waals surface area contributed by atoms with Crippen LogP contribution in [0.4, 0.5) is 0 Å². The van der Waals surface area contributed by atoms with Crippen molar-refractivity contribution in [3.63, 3.8) is 0 Å². The average molecular weight is 382 g/mol. The molecular formula is C12H23IN4S. The second-order valence-electron chi connectivity index (χ2n) is 3.96. The standard InChI is InChI=1S/C12H22N4S.HI/c1-5-13-12(14-6-2)16-7-9(3)11-15-8-10(4)17-11;/h8-9H,5-7H2,1-4H3,(H2,13,14,16);1H. The first-order chi connectivity index (χ1) is 8.17. The van der Waals surface area contributed by atoms with Crippen LogP contribution in [-0.4, -0.2) is 30.6 Å². The molecule has 0 aliphatic heterocycles. The van der Waals surface area contributed by atoms with E-state index in [1.54, 1.807) is 11.3 Å². The van der Waals surface area contributed by atoms with Crippen LogP contribution in [0.1, 0.15) is 36.6 Å². The molecule has 0 saturated carbocycles. The van der Waals surface area contributed by atoms with Gasteiger partial charge in [0.25, 0.3) is 0 Å². The van der Waals surface area contributed by atoms with E-state index in [9.17, 15) is 0 Å². The van der Waals surface area contributed by atoms with Crippen molar-refractivity contribution >= 4 is 41.3 Å². The Morgan fingerprint density at radius 1 is 1.39 bits per heavy atom. The number of hydrogen-bond acceptors (Lipinski definition) is 3. The smallest absolute Gasteiger partial charge is 0.191 e. The number of nitrogens with one attached hydrogen (secondary N) is 2. The molecule has 0 aliphatic carbocycles. The van der Waals surface area contributed by atoms with Crippen molar-refractivity contribution in [2.24, 2.45) is 4.99 Å². The SMILES string of the molecule is CCNC(=NCC(C)c1ncc(C)s1)NCC.I. The molecule has 104 valence electrons. The molecule has 0 fully saturated rings. The van der Waals surface area contributed by atoms with Gasteiger partial charge in [-0.2, -0.15) is 0 Å². The minimum Gasteiger partial charge on any atom is -0.357 e. The number of rotatable bonds is 5. The third kappa shape index (κ3) is 5.99. The molecule has 0 radical (unpaired) electrons. The van der Waals surface area contributed by atoms with Crippen molar-refractivity contribution in [3.8, 4) is 0 Å². The third-order valence-electron chi connectivity index (χ3n) is 2.27. The van der Waals surface area contributed by atoms with Gasteiger partial charge in [0.1, 0.15) is 0 Å². The summed E-state index contributed by atoms with van der Waals surface area (Å²) in [6, 6.07) is 0. The van der Waals surface area contributed by atoms with Gasteiger partial charge in [0.2, 0.25) is 0 Å². The molecule has 0 amide bonds. The number of hydrogen-bond donors (Lipinski definition) is 2. The van der Waals surface area contributed by atoms with Crippen LogP contribution < -0.4 is 10.6 Å². The zero-order chi connectivity index (χ0) is 12.7. The van der Waals surface area contributed by atoms with E-state index >= 15 is 0 Å². The quantitative estimate of drug-likeness (QED) is 0.468. The molecule has 1 unspecified atom stereocenters. The molecule has 0 aromatic carbocycles. The number of aryl methyl sites for hydroxylation is 1. The number of halogens is 1. The Hall–Kier alpha value is -0.370. The van der Waals surface area contributed by atoms with Gasteiger partial charge in [0.15, 0.2) is 5.96 Å². The van der Waals surface area contributed by atoms with Crippen molar-refractivity contribution < 1.29 is 0 Å². The lowest BCUT2D eigenvalue weighted by Crippen LogP contribution is -2.37. The Kier molecular flexibility index (Phi) is 9.35. The van der Waals surface area contributed by atoms with Crippen LogP contribution in [0.2, 0.25) is 0 Å². The highest BCUT2D eigenvalue weighted by Crippen LogP contribution is 2.20. The molecular weight excluding hydrogens is 359 g/mol. The summed E-state index contributed by atoms with van der Waals surface area (Å²) < 4.78 is 0. The highest BCUT2D eigenvalue weighted by molar-refractivity contribution is 14.0. The molecule has 1 aromatic heterocycles. The van der Waals surface area contributed by atoms with Gasteiger partial charge in [0.05, 0.1) is 11.6 Å². The van der Waals surface area contributed by atoms with Gasteiger partial charge in [-0.15, -0.1) is 35.3 Å². The van der Waals surface area contributed by atoms with Gasteiger partial charge in [-0.05, 0) is 20.8 Å². The van der Waals surface area contributed by atoms with Crippen molar-refractivity contribution in [2.45, 2.75) is 33.6 Å². The first kappa shape index (κ1) is 17.6. The number of guanidine groups is 1. The van der Waals surface area contributed by atoms with Gasteiger partial charge in [-0.1, -0.05) is 6.92 Å². The molecule has 0 saturated heterocycles. The fourth-order valence-corrected chi connectivity index (χ4v) is 2.23. The summed E-state index contributed by atoms with van der Waals surface area (Å²) in [7, 11) is 0. The lowest BCUT2D eigenvalue weighted by atomic mass is 10.2. The minimum absolute atomic E-state index is 0. The van der Waals surface area contributed by atoms with Crippen LogP contribution in [0.15, 0.2) is 11.2 Å². The first-order valence-corrected chi connectivity index (χ1v) is 6.93. The van der Waals surface area contributed by atoms with E-state index in [0.29, 0.717) is 5.92 Å². The highest BCUT2D eigenvalue weighted by Gasteiger charge is 2.09. The van der Waals surface area contributed by atoms with E-state index < -0.39 is 0 Å². The Morgan fingerprint density at radius 3 is 2.44 bits per heavy atom. The van der Waals surface area contributed by atoms with E-state index in [1.807, 2.05) is 6.20 Å². The average Bonchev–Trinajstić information content (AvgIpc) is 2.73. The van der Waals surface area contributed by atoms with Crippen molar-refractivity contribution in [3.05, 3.63) is 16.1 Å². The normalized spacial score (nSPS) is 11.3. The molecule has 0 aliphatic rings. The summed E-state index contributed by atoms with van der Waals surface area (Å²) in [4.78, 5) is 10.2. The van der Waals surface area contributed by atoms with Crippen molar-refractivity contribution in [2.75, 3.05) is 19.6 Å². The zero-order valence-corrected chi connectivity index (χ0v) is 14.6. The highest BCUT2D eigenvalue weighted by atomic mass is 127. The molecule has 0 spiro atoms. The third-order valence-corrected chi connectivity index (χ3v) is 3.42. The van der Waals surface area contributed by atoms with Crippen LogP contribution in [0, 0.1) is 6.92 Å². The van der Waals surface area contributed by atoms with Crippen LogP contribution in [0.3, 0.4) is 0 Å². The number of thiazole rings is 1. The maximum Gasteiger partial charge on any atom is 0.191 e. The molecule has 1 heterocycles. The maximum absolute atomic E-state index is 4.55. The summed E-state index contributed by atoms with van der Waals surface area (Å²) in [6.07, 6.45) is 1.93. The number of aliphatic imine (C=N–C) groups is 1. The van der Waals surface area contributed by atoms with Gasteiger partial charge in [-0.25, -0.2) is 4.98 Å². The van der Waals surface area contributed by atoms with E-state index in [4.69, 9.17) is 0 Å². The Bertz CT molecular complexity index is 357. The zero-order valence-electron chi connectivity index (χ0n) is 11.5. The summed E-state index contributed by atoms with van der Waals surface area (Å²) in [6.45, 7) is 10.9. The van der Waals surface area contributed by atoms with E-state index in [1.165, 1.54) is 9.88 Å². The summed E-state index contributed by atoms with van der Waals surface area (Å²) in [5, 5.41) is 7.60. The predicted octanol–water partition coefficient (Wildman–Crippen LogP) is 2.75. The molecule has 4 nitrogen and oxygen atoms in total. The topological polar surface area (TPSA) is 49.3 Å². The summed E-state index contributed by atoms with van der Waals surface area (Å²) in [5.41, 5.74) is 0. The Balaban J connectivity index is 0.00000289. The van der Waals surface area contributed by atoms with E-state index in [0.717, 1.165) is 25.6 Å². The van der Waals surface area contributed by atoms with E-state index in [-0.39, 0.29) is 24.0 Å². The molecule has 2 N–H and O–H groups in total. The molecule has 0 bridgehead atoms. The lowest BCUT2D eigenvalue weighted by molar-refractivity contribution is 0.747. The molecule has 1 aromatic rings. The van der Waals surface area contributed by atoms with E-state index in [2.05, 4.69) is 48.3 Å². The van der Waals surface area contributed by atoms with Gasteiger partial charge in [-0.3, -0.25) is 4.99 Å². The molecule has 18 heavy (non-hydrogen) atoms. The molecule has 6 heteroatoms. The Labute approximate surface area is 131 Å². The van der Waals surface area contributed by atoms with Gasteiger partial charge in [0, 0.05) is 30.1 Å². The van der Waals surface area contributed by atoms with Crippen molar-refractivity contribution in [1.82, 2.24) is 15.6 Å². The maximum atomic E-state index is 4.55. The van der Waals surface area contributed by atoms with Crippen LogP contribution in [-0.2, 0) is 0 Å². The van der Waals surface area contributed by atoms with Crippen LogP contribution >= 0.6 is 35.3 Å². The van der Waals surface area contributed by atoms with Gasteiger partial charge >= 0.3 is 0 Å². The predicted molar refractivity (Wildman–Crippen MR) is 90.3 cm³/mol. The fraction of sp³-hybridized carbons (Fsp3) is 0.667. The number of aromatic nitrogens is 1. The monoisotopic (exact) mass is 382 g/mol. The van der Waals surface area contributed by atoms with Gasteiger partial charge < -0.3 is 10.6 Å². The number of nitrogens with zero attached hydrogens (tertiary/aromatic N) is 2. The van der Waals surface area contributed by atoms with Crippen LogP contribution in [0.5, 0.6) is 0 Å². The molecule has 1 rings (SSSR count). The van der Waals surface area contributed by atoms with Crippen molar-refractivity contribution in [1.29, 1.82) is 0 Å². The molecule has 1 atom stereocenters. The minimum atomic E-state index is 0. The first-order valence-electron chi connectivity index (χ1n) is 6.11. The summed E-state index contributed by atoms with van der Waals surface area (Å²) >= 11 is 1.75. The Morgan fingerprint density at radius 2 is 2.00 bits per heavy atom. The second kappa shape index (κ2) is 9.55. The largest absolute Gasteiger partial charge is 0.357 e. The fourth-order valence-electron chi connectivity index (χ4n) is 1.42. The lowest BCUT2D eigenvalue weighted by Gasteiger charge is -2.10. The van der Waals surface area contributed by atoms with Crippen LogP contribution in [0.25, 0.3) is 0 Å².